The fourth-order valence-corrected chi connectivity index (χ4v) is 1.42. The number of primary amides is 1. The first-order valence-electron chi connectivity index (χ1n) is 6.05. The van der Waals surface area contributed by atoms with Gasteiger partial charge in [0.1, 0.15) is 12.4 Å². The summed E-state index contributed by atoms with van der Waals surface area (Å²) in [5.74, 6) is -0.126. The summed E-state index contributed by atoms with van der Waals surface area (Å²) in [6, 6.07) is 4.77. The molecule has 1 rings (SSSR count). The summed E-state index contributed by atoms with van der Waals surface area (Å²) >= 11 is 0. The molecule has 5 heteroatoms. The highest BCUT2D eigenvalue weighted by molar-refractivity contribution is 5.96. The van der Waals surface area contributed by atoms with Crippen molar-refractivity contribution in [2.45, 2.75) is 19.8 Å². The van der Waals surface area contributed by atoms with Crippen LogP contribution in [0.2, 0.25) is 0 Å². The fraction of sp³-hybridized carbons (Fsp3) is 0.462. The summed E-state index contributed by atoms with van der Waals surface area (Å²) in [4.78, 5) is 11.2. The zero-order chi connectivity index (χ0) is 13.4. The molecule has 100 valence electrons. The lowest BCUT2D eigenvalue weighted by Crippen LogP contribution is -2.15. The summed E-state index contributed by atoms with van der Waals surface area (Å²) < 4.78 is 10.8. The smallest absolute Gasteiger partial charge is 0.252 e. The van der Waals surface area contributed by atoms with Gasteiger partial charge in [-0.05, 0) is 18.6 Å². The molecule has 4 N–H and O–H groups in total. The number of nitrogen functional groups attached to an aromatic ring is 1. The van der Waals surface area contributed by atoms with Crippen LogP contribution >= 0.6 is 0 Å². The number of carbonyl (C=O) groups excluding carboxylic acids is 1. The SMILES string of the molecule is CCCCOCCOc1cc(N)ccc1C(N)=O. The molecule has 0 radical (unpaired) electrons. The van der Waals surface area contributed by atoms with Crippen molar-refractivity contribution >= 4 is 11.6 Å². The van der Waals surface area contributed by atoms with E-state index in [1.165, 1.54) is 0 Å². The second-order valence-electron chi connectivity index (χ2n) is 3.93. The number of rotatable bonds is 8. The number of benzene rings is 1. The lowest BCUT2D eigenvalue weighted by Gasteiger charge is -2.10. The molecule has 0 aromatic heterocycles. The standard InChI is InChI=1S/C13H20N2O3/c1-2-3-6-17-7-8-18-12-9-10(14)4-5-11(12)13(15)16/h4-5,9H,2-3,6-8,14H2,1H3,(H2,15,16). The number of anilines is 1. The monoisotopic (exact) mass is 252 g/mol. The van der Waals surface area contributed by atoms with Crippen molar-refractivity contribution in [2.24, 2.45) is 5.73 Å². The summed E-state index contributed by atoms with van der Waals surface area (Å²) in [6.07, 6.45) is 2.13. The molecule has 0 aliphatic heterocycles. The molecular weight excluding hydrogens is 232 g/mol. The van der Waals surface area contributed by atoms with Crippen LogP contribution in [0, 0.1) is 0 Å². The van der Waals surface area contributed by atoms with E-state index in [0.717, 1.165) is 19.4 Å². The molecule has 5 nitrogen and oxygen atoms in total. The molecule has 0 atom stereocenters. The van der Waals surface area contributed by atoms with E-state index in [0.29, 0.717) is 30.2 Å². The van der Waals surface area contributed by atoms with Crippen LogP contribution < -0.4 is 16.2 Å². The third-order valence-corrected chi connectivity index (χ3v) is 2.40. The number of amides is 1. The van der Waals surface area contributed by atoms with Crippen LogP contribution in [0.5, 0.6) is 5.75 Å². The predicted octanol–water partition coefficient (Wildman–Crippen LogP) is 1.56. The molecule has 18 heavy (non-hydrogen) atoms. The van der Waals surface area contributed by atoms with Crippen molar-refractivity contribution in [1.29, 1.82) is 0 Å². The molecule has 0 aliphatic carbocycles. The zero-order valence-electron chi connectivity index (χ0n) is 10.6. The summed E-state index contributed by atoms with van der Waals surface area (Å²) in [7, 11) is 0. The molecule has 0 saturated carbocycles. The number of nitrogens with two attached hydrogens (primary N) is 2. The Morgan fingerprint density at radius 1 is 1.28 bits per heavy atom. The largest absolute Gasteiger partial charge is 0.490 e. The maximum Gasteiger partial charge on any atom is 0.252 e. The average Bonchev–Trinajstić information content (AvgIpc) is 2.33. The number of hydrogen-bond acceptors (Lipinski definition) is 4. The molecule has 0 fully saturated rings. The molecule has 0 aliphatic rings. The Hall–Kier alpha value is -1.75. The number of ether oxygens (including phenoxy) is 2. The minimum absolute atomic E-state index is 0.331. The third-order valence-electron chi connectivity index (χ3n) is 2.40. The van der Waals surface area contributed by atoms with E-state index in [1.807, 2.05) is 0 Å². The van der Waals surface area contributed by atoms with Gasteiger partial charge in [-0.2, -0.15) is 0 Å². The molecule has 0 spiro atoms. The van der Waals surface area contributed by atoms with Crippen LogP contribution in [-0.2, 0) is 4.74 Å². The van der Waals surface area contributed by atoms with E-state index in [-0.39, 0.29) is 0 Å². The van der Waals surface area contributed by atoms with Crippen LogP contribution in [0.4, 0.5) is 5.69 Å². The van der Waals surface area contributed by atoms with Gasteiger partial charge in [0.2, 0.25) is 0 Å². The van der Waals surface area contributed by atoms with E-state index >= 15 is 0 Å². The van der Waals surface area contributed by atoms with Crippen molar-refractivity contribution in [2.75, 3.05) is 25.6 Å². The van der Waals surface area contributed by atoms with Crippen LogP contribution in [0.25, 0.3) is 0 Å². The van der Waals surface area contributed by atoms with Crippen LogP contribution in [0.1, 0.15) is 30.1 Å². The Morgan fingerprint density at radius 2 is 2.06 bits per heavy atom. The first-order valence-corrected chi connectivity index (χ1v) is 6.05. The van der Waals surface area contributed by atoms with E-state index in [1.54, 1.807) is 18.2 Å². The van der Waals surface area contributed by atoms with Crippen LogP contribution in [-0.4, -0.2) is 25.7 Å². The lowest BCUT2D eigenvalue weighted by molar-refractivity contribution is 0.0943. The Kier molecular flexibility index (Phi) is 6.00. The van der Waals surface area contributed by atoms with E-state index in [4.69, 9.17) is 20.9 Å². The second-order valence-corrected chi connectivity index (χ2v) is 3.93. The summed E-state index contributed by atoms with van der Waals surface area (Å²) in [5, 5.41) is 0. The molecule has 0 unspecified atom stereocenters. The Morgan fingerprint density at radius 3 is 2.72 bits per heavy atom. The Labute approximate surface area is 107 Å². The van der Waals surface area contributed by atoms with E-state index < -0.39 is 5.91 Å². The second kappa shape index (κ2) is 7.55. The molecule has 0 saturated heterocycles. The van der Waals surface area contributed by atoms with Crippen molar-refractivity contribution in [1.82, 2.24) is 0 Å². The molecule has 1 aromatic rings. The van der Waals surface area contributed by atoms with Crippen LogP contribution in [0.15, 0.2) is 18.2 Å². The van der Waals surface area contributed by atoms with E-state index in [9.17, 15) is 4.79 Å². The van der Waals surface area contributed by atoms with Gasteiger partial charge in [-0.15, -0.1) is 0 Å². The molecule has 1 amide bonds. The quantitative estimate of drug-likeness (QED) is 0.543. The normalized spacial score (nSPS) is 10.3. The highest BCUT2D eigenvalue weighted by Gasteiger charge is 2.09. The molecular formula is C13H20N2O3. The molecule has 1 aromatic carbocycles. The van der Waals surface area contributed by atoms with Gasteiger partial charge in [0, 0.05) is 18.4 Å². The predicted molar refractivity (Wildman–Crippen MR) is 70.6 cm³/mol. The van der Waals surface area contributed by atoms with Gasteiger partial charge in [0.25, 0.3) is 5.91 Å². The molecule has 0 heterocycles. The van der Waals surface area contributed by atoms with Gasteiger partial charge < -0.3 is 20.9 Å². The minimum Gasteiger partial charge on any atom is -0.490 e. The number of carbonyl (C=O) groups is 1. The minimum atomic E-state index is -0.531. The Bertz CT molecular complexity index is 394. The lowest BCUT2D eigenvalue weighted by atomic mass is 10.2. The van der Waals surface area contributed by atoms with Crippen molar-refractivity contribution in [3.05, 3.63) is 23.8 Å². The maximum atomic E-state index is 11.2. The van der Waals surface area contributed by atoms with E-state index in [2.05, 4.69) is 6.92 Å². The van der Waals surface area contributed by atoms with Gasteiger partial charge >= 0.3 is 0 Å². The first kappa shape index (κ1) is 14.3. The molecule has 0 bridgehead atoms. The fourth-order valence-electron chi connectivity index (χ4n) is 1.42. The average molecular weight is 252 g/mol. The van der Waals surface area contributed by atoms with Gasteiger partial charge in [-0.25, -0.2) is 0 Å². The van der Waals surface area contributed by atoms with Gasteiger partial charge in [-0.3, -0.25) is 4.79 Å². The Balaban J connectivity index is 2.45. The maximum absolute atomic E-state index is 11.2. The summed E-state index contributed by atoms with van der Waals surface area (Å²) in [6.45, 7) is 3.67. The zero-order valence-corrected chi connectivity index (χ0v) is 10.6. The van der Waals surface area contributed by atoms with Crippen molar-refractivity contribution in [3.63, 3.8) is 0 Å². The highest BCUT2D eigenvalue weighted by Crippen LogP contribution is 2.21. The number of unbranched alkanes of at least 4 members (excludes halogenated alkanes) is 1. The van der Waals surface area contributed by atoms with Gasteiger partial charge in [-0.1, -0.05) is 13.3 Å². The van der Waals surface area contributed by atoms with Gasteiger partial charge in [0.15, 0.2) is 0 Å². The third kappa shape index (κ3) is 4.63. The summed E-state index contributed by atoms with van der Waals surface area (Å²) in [5.41, 5.74) is 11.7. The first-order chi connectivity index (χ1) is 8.65. The van der Waals surface area contributed by atoms with Crippen molar-refractivity contribution < 1.29 is 14.3 Å². The van der Waals surface area contributed by atoms with Crippen molar-refractivity contribution in [3.8, 4) is 5.75 Å². The van der Waals surface area contributed by atoms with Gasteiger partial charge in [0.05, 0.1) is 12.2 Å². The van der Waals surface area contributed by atoms with Crippen LogP contribution in [0.3, 0.4) is 0 Å². The topological polar surface area (TPSA) is 87.6 Å². The highest BCUT2D eigenvalue weighted by atomic mass is 16.5. The number of hydrogen-bond donors (Lipinski definition) is 2.